The number of rotatable bonds is 4. The molecule has 1 atom stereocenters. The lowest BCUT2D eigenvalue weighted by molar-refractivity contribution is -0.0311. The normalized spacial score (nSPS) is 21.3. The Balaban J connectivity index is 1.39. The molecule has 0 radical (unpaired) electrons. The molecule has 1 unspecified atom stereocenters. The van der Waals surface area contributed by atoms with Crippen molar-refractivity contribution in [2.45, 2.75) is 6.10 Å². The number of aromatic nitrogens is 1. The van der Waals surface area contributed by atoms with Crippen LogP contribution >= 0.6 is 11.3 Å². The number of benzene rings is 1. The first-order chi connectivity index (χ1) is 11.7. The molecule has 24 heavy (non-hydrogen) atoms. The standard InChI is InChI=1S/C17H17N3O3S/c21-16-12-3-1-2-4-13(12)17(22)20(16)7-6-19-8-9-23-14(11-19)15-18-5-10-24-15/h1-5,10,14H,6-9,11H2. The summed E-state index contributed by atoms with van der Waals surface area (Å²) in [5, 5.41) is 2.91. The summed E-state index contributed by atoms with van der Waals surface area (Å²) >= 11 is 1.59. The highest BCUT2D eigenvalue weighted by Crippen LogP contribution is 2.25. The van der Waals surface area contributed by atoms with E-state index < -0.39 is 0 Å². The number of carbonyl (C=O) groups is 2. The highest BCUT2D eigenvalue weighted by Gasteiger charge is 2.35. The molecule has 0 saturated carbocycles. The monoisotopic (exact) mass is 343 g/mol. The number of imide groups is 1. The molecule has 0 aliphatic carbocycles. The Morgan fingerprint density at radius 3 is 2.58 bits per heavy atom. The highest BCUT2D eigenvalue weighted by molar-refractivity contribution is 7.09. The van der Waals surface area contributed by atoms with Gasteiger partial charge in [-0.3, -0.25) is 19.4 Å². The first kappa shape index (κ1) is 15.4. The molecule has 0 N–H and O–H groups in total. The number of ether oxygens (including phenoxy) is 1. The first-order valence-electron chi connectivity index (χ1n) is 7.92. The zero-order valence-corrected chi connectivity index (χ0v) is 13.9. The van der Waals surface area contributed by atoms with Crippen LogP contribution in [0, 0.1) is 0 Å². The molecule has 0 spiro atoms. The zero-order chi connectivity index (χ0) is 16.5. The highest BCUT2D eigenvalue weighted by atomic mass is 32.1. The van der Waals surface area contributed by atoms with Crippen LogP contribution in [0.15, 0.2) is 35.8 Å². The van der Waals surface area contributed by atoms with Gasteiger partial charge in [-0.1, -0.05) is 12.1 Å². The van der Waals surface area contributed by atoms with E-state index in [1.807, 2.05) is 5.38 Å². The number of nitrogens with zero attached hydrogens (tertiary/aromatic N) is 3. The maximum absolute atomic E-state index is 12.4. The molecule has 1 saturated heterocycles. The van der Waals surface area contributed by atoms with Crippen LogP contribution in [0.5, 0.6) is 0 Å². The van der Waals surface area contributed by atoms with Crippen molar-refractivity contribution in [2.24, 2.45) is 0 Å². The number of hydrogen-bond acceptors (Lipinski definition) is 6. The molecular formula is C17H17N3O3S. The molecule has 2 amide bonds. The SMILES string of the molecule is O=C1c2ccccc2C(=O)N1CCN1CCOC(c2nccs2)C1. The lowest BCUT2D eigenvalue weighted by atomic mass is 10.1. The van der Waals surface area contributed by atoms with Gasteiger partial charge in [0.2, 0.25) is 0 Å². The maximum Gasteiger partial charge on any atom is 0.261 e. The quantitative estimate of drug-likeness (QED) is 0.793. The third kappa shape index (κ3) is 2.75. The van der Waals surface area contributed by atoms with Crippen LogP contribution in [0.4, 0.5) is 0 Å². The second-order valence-electron chi connectivity index (χ2n) is 5.84. The average Bonchev–Trinajstić information content (AvgIpc) is 3.23. The summed E-state index contributed by atoms with van der Waals surface area (Å²) < 4.78 is 5.78. The van der Waals surface area contributed by atoms with Crippen LogP contribution in [0.2, 0.25) is 0 Å². The summed E-state index contributed by atoms with van der Waals surface area (Å²) in [7, 11) is 0. The molecule has 2 aliphatic heterocycles. The molecule has 6 nitrogen and oxygen atoms in total. The Morgan fingerprint density at radius 2 is 1.92 bits per heavy atom. The Labute approximate surface area is 143 Å². The van der Waals surface area contributed by atoms with Gasteiger partial charge in [-0.05, 0) is 12.1 Å². The number of amides is 2. The largest absolute Gasteiger partial charge is 0.368 e. The van der Waals surface area contributed by atoms with E-state index in [0.29, 0.717) is 30.8 Å². The minimum absolute atomic E-state index is 0.0269. The second kappa shape index (κ2) is 6.43. The predicted octanol–water partition coefficient (Wildman–Crippen LogP) is 1.81. The van der Waals surface area contributed by atoms with Gasteiger partial charge >= 0.3 is 0 Å². The fourth-order valence-electron chi connectivity index (χ4n) is 3.13. The molecule has 4 rings (SSSR count). The van der Waals surface area contributed by atoms with Gasteiger partial charge in [0.25, 0.3) is 11.8 Å². The smallest absolute Gasteiger partial charge is 0.261 e. The molecule has 7 heteroatoms. The van der Waals surface area contributed by atoms with Gasteiger partial charge in [0.05, 0.1) is 17.7 Å². The molecule has 1 fully saturated rings. The summed E-state index contributed by atoms with van der Waals surface area (Å²) in [4.78, 5) is 32.6. The van der Waals surface area contributed by atoms with Crippen LogP contribution in [0.1, 0.15) is 31.8 Å². The summed E-state index contributed by atoms with van der Waals surface area (Å²) in [5.41, 5.74) is 1.01. The van der Waals surface area contributed by atoms with Gasteiger partial charge in [-0.25, -0.2) is 4.98 Å². The first-order valence-corrected chi connectivity index (χ1v) is 8.80. The number of hydrogen-bond donors (Lipinski definition) is 0. The Morgan fingerprint density at radius 1 is 1.17 bits per heavy atom. The lowest BCUT2D eigenvalue weighted by Gasteiger charge is -2.32. The minimum atomic E-state index is -0.194. The molecule has 3 heterocycles. The van der Waals surface area contributed by atoms with Crippen molar-refractivity contribution in [3.8, 4) is 0 Å². The molecule has 1 aromatic carbocycles. The molecule has 0 bridgehead atoms. The van der Waals surface area contributed by atoms with E-state index in [0.717, 1.165) is 18.1 Å². The van der Waals surface area contributed by atoms with Crippen LogP contribution in [-0.4, -0.2) is 59.4 Å². The van der Waals surface area contributed by atoms with E-state index in [1.54, 1.807) is 41.8 Å². The van der Waals surface area contributed by atoms with E-state index in [4.69, 9.17) is 4.74 Å². The third-order valence-corrected chi connectivity index (χ3v) is 5.26. The van der Waals surface area contributed by atoms with Gasteiger partial charge in [0.15, 0.2) is 0 Å². The van der Waals surface area contributed by atoms with Crippen LogP contribution < -0.4 is 0 Å². The lowest BCUT2D eigenvalue weighted by Crippen LogP contribution is -2.43. The van der Waals surface area contributed by atoms with Crippen molar-refractivity contribution in [3.63, 3.8) is 0 Å². The van der Waals surface area contributed by atoms with Gasteiger partial charge in [-0.15, -0.1) is 11.3 Å². The molecule has 2 aromatic rings. The Kier molecular flexibility index (Phi) is 4.13. The van der Waals surface area contributed by atoms with Crippen molar-refractivity contribution in [1.29, 1.82) is 0 Å². The average molecular weight is 343 g/mol. The fourth-order valence-corrected chi connectivity index (χ4v) is 3.81. The predicted molar refractivity (Wildman–Crippen MR) is 89.1 cm³/mol. The van der Waals surface area contributed by atoms with Gasteiger partial charge < -0.3 is 4.74 Å². The second-order valence-corrected chi connectivity index (χ2v) is 6.76. The number of thiazole rings is 1. The van der Waals surface area contributed by atoms with E-state index in [1.165, 1.54) is 4.90 Å². The summed E-state index contributed by atoms with van der Waals surface area (Å²) in [6, 6.07) is 6.99. The third-order valence-electron chi connectivity index (χ3n) is 4.40. The van der Waals surface area contributed by atoms with Gasteiger partial charge in [-0.2, -0.15) is 0 Å². The Hall–Kier alpha value is -2.09. The summed E-state index contributed by atoms with van der Waals surface area (Å²) in [5.74, 6) is -0.388. The van der Waals surface area contributed by atoms with Crippen molar-refractivity contribution in [1.82, 2.24) is 14.8 Å². The van der Waals surface area contributed by atoms with Crippen molar-refractivity contribution in [3.05, 3.63) is 52.0 Å². The maximum atomic E-state index is 12.4. The zero-order valence-electron chi connectivity index (χ0n) is 13.1. The van der Waals surface area contributed by atoms with E-state index in [2.05, 4.69) is 9.88 Å². The van der Waals surface area contributed by atoms with Crippen molar-refractivity contribution in [2.75, 3.05) is 32.8 Å². The van der Waals surface area contributed by atoms with E-state index >= 15 is 0 Å². The molecule has 124 valence electrons. The van der Waals surface area contributed by atoms with Gasteiger partial charge in [0.1, 0.15) is 11.1 Å². The fraction of sp³-hybridized carbons (Fsp3) is 0.353. The van der Waals surface area contributed by atoms with E-state index in [-0.39, 0.29) is 17.9 Å². The van der Waals surface area contributed by atoms with Crippen LogP contribution in [0.3, 0.4) is 0 Å². The number of morpholine rings is 1. The van der Waals surface area contributed by atoms with Crippen molar-refractivity contribution >= 4 is 23.2 Å². The molecule has 2 aliphatic rings. The number of fused-ring (bicyclic) bond motifs is 1. The van der Waals surface area contributed by atoms with Crippen LogP contribution in [-0.2, 0) is 4.74 Å². The molecular weight excluding hydrogens is 326 g/mol. The minimum Gasteiger partial charge on any atom is -0.368 e. The number of carbonyl (C=O) groups excluding carboxylic acids is 2. The van der Waals surface area contributed by atoms with Crippen molar-refractivity contribution < 1.29 is 14.3 Å². The van der Waals surface area contributed by atoms with Gasteiger partial charge in [0, 0.05) is 37.8 Å². The Bertz CT molecular complexity index is 727. The summed E-state index contributed by atoms with van der Waals surface area (Å²) in [6.45, 7) is 3.21. The molecule has 1 aromatic heterocycles. The summed E-state index contributed by atoms with van der Waals surface area (Å²) in [6.07, 6.45) is 1.75. The van der Waals surface area contributed by atoms with Crippen LogP contribution in [0.25, 0.3) is 0 Å². The van der Waals surface area contributed by atoms with E-state index in [9.17, 15) is 9.59 Å². The topological polar surface area (TPSA) is 62.7 Å².